The van der Waals surface area contributed by atoms with Crippen LogP contribution in [-0.2, 0) is 16.6 Å². The Labute approximate surface area is 160 Å². The maximum atomic E-state index is 12.0. The van der Waals surface area contributed by atoms with Crippen LogP contribution >= 0.6 is 11.8 Å². The van der Waals surface area contributed by atoms with E-state index in [0.717, 1.165) is 21.8 Å². The predicted octanol–water partition coefficient (Wildman–Crippen LogP) is 2.74. The number of aromatic nitrogens is 2. The van der Waals surface area contributed by atoms with Crippen molar-refractivity contribution in [1.29, 1.82) is 0 Å². The summed E-state index contributed by atoms with van der Waals surface area (Å²) in [5.74, 6) is 0.0732. The highest BCUT2D eigenvalue weighted by Gasteiger charge is 2.09. The molecule has 1 N–H and O–H groups in total. The maximum Gasteiger partial charge on any atom is 0.308 e. The smallest absolute Gasteiger partial charge is 0.308 e. The molecule has 0 aliphatic rings. The van der Waals surface area contributed by atoms with Crippen LogP contribution in [0.25, 0.3) is 11.0 Å². The van der Waals surface area contributed by atoms with Crippen LogP contribution in [-0.4, -0.2) is 33.4 Å². The van der Waals surface area contributed by atoms with E-state index in [1.807, 2.05) is 35.9 Å². The third-order valence-electron chi connectivity index (χ3n) is 3.62. The third kappa shape index (κ3) is 4.95. The van der Waals surface area contributed by atoms with Gasteiger partial charge in [-0.25, -0.2) is 10.4 Å². The summed E-state index contributed by atoms with van der Waals surface area (Å²) in [6.07, 6.45) is 1.52. The molecule has 138 valence electrons. The molecule has 0 atom stereocenters. The molecule has 3 rings (SSSR count). The highest BCUT2D eigenvalue weighted by Crippen LogP contribution is 2.22. The fourth-order valence-corrected chi connectivity index (χ4v) is 3.16. The zero-order valence-corrected chi connectivity index (χ0v) is 15.7. The molecule has 8 heteroatoms. The number of nitrogens with one attached hydrogen (secondary N) is 1. The quantitative estimate of drug-likeness (QED) is 0.233. The van der Waals surface area contributed by atoms with Crippen molar-refractivity contribution in [3.05, 3.63) is 54.1 Å². The molecule has 1 amide bonds. The summed E-state index contributed by atoms with van der Waals surface area (Å²) in [6.45, 7) is 1.34. The highest BCUT2D eigenvalue weighted by molar-refractivity contribution is 7.99. The fraction of sp³-hybridized carbons (Fsp3) is 0.158. The Morgan fingerprint density at radius 2 is 1.96 bits per heavy atom. The van der Waals surface area contributed by atoms with Gasteiger partial charge in [-0.2, -0.15) is 5.10 Å². The second-order valence-corrected chi connectivity index (χ2v) is 6.63. The first-order chi connectivity index (χ1) is 13.0. The number of hydrazone groups is 1. The normalized spacial score (nSPS) is 11.0. The molecule has 0 fully saturated rings. The number of aryl methyl sites for hydroxylation is 1. The molecule has 1 heterocycles. The first-order valence-corrected chi connectivity index (χ1v) is 9.16. The number of rotatable bonds is 6. The minimum atomic E-state index is -0.373. The summed E-state index contributed by atoms with van der Waals surface area (Å²) < 4.78 is 6.91. The van der Waals surface area contributed by atoms with E-state index in [4.69, 9.17) is 4.74 Å². The van der Waals surface area contributed by atoms with E-state index >= 15 is 0 Å². The topological polar surface area (TPSA) is 85.6 Å². The van der Waals surface area contributed by atoms with Crippen molar-refractivity contribution < 1.29 is 14.3 Å². The number of esters is 1. The number of benzene rings is 2. The number of hydrogen-bond acceptors (Lipinski definition) is 6. The lowest BCUT2D eigenvalue weighted by Gasteiger charge is -2.02. The summed E-state index contributed by atoms with van der Waals surface area (Å²) in [5, 5.41) is 4.71. The minimum Gasteiger partial charge on any atom is -0.427 e. The van der Waals surface area contributed by atoms with Crippen molar-refractivity contribution in [2.75, 3.05) is 5.75 Å². The maximum absolute atomic E-state index is 12.0. The SMILES string of the molecule is CC(=O)Oc1ccc(/C=N\NC(=O)CSc2nc3ccccc3n2C)cc1. The van der Waals surface area contributed by atoms with Gasteiger partial charge < -0.3 is 9.30 Å². The van der Waals surface area contributed by atoms with Crippen molar-refractivity contribution >= 4 is 40.9 Å². The first-order valence-electron chi connectivity index (χ1n) is 8.17. The van der Waals surface area contributed by atoms with Crippen LogP contribution < -0.4 is 10.2 Å². The molecule has 0 aliphatic heterocycles. The standard InChI is InChI=1S/C19H18N4O3S/c1-13(24)26-15-9-7-14(8-10-15)11-20-22-18(25)12-27-19-21-16-5-3-4-6-17(16)23(19)2/h3-11H,12H2,1-2H3,(H,22,25)/b20-11-. The lowest BCUT2D eigenvalue weighted by molar-refractivity contribution is -0.131. The van der Waals surface area contributed by atoms with Crippen LogP contribution in [0.4, 0.5) is 0 Å². The average Bonchev–Trinajstić information content (AvgIpc) is 2.97. The molecular weight excluding hydrogens is 364 g/mol. The van der Waals surface area contributed by atoms with Crippen LogP contribution in [0.5, 0.6) is 5.75 Å². The molecular formula is C19H18N4O3S. The number of carbonyl (C=O) groups excluding carboxylic acids is 2. The van der Waals surface area contributed by atoms with Gasteiger partial charge in [0.25, 0.3) is 5.91 Å². The molecule has 0 unspecified atom stereocenters. The highest BCUT2D eigenvalue weighted by atomic mass is 32.2. The lowest BCUT2D eigenvalue weighted by Crippen LogP contribution is -2.19. The van der Waals surface area contributed by atoms with Crippen molar-refractivity contribution in [2.45, 2.75) is 12.1 Å². The molecule has 7 nitrogen and oxygen atoms in total. The van der Waals surface area contributed by atoms with E-state index in [-0.39, 0.29) is 17.6 Å². The fourth-order valence-electron chi connectivity index (χ4n) is 2.38. The zero-order chi connectivity index (χ0) is 19.2. The van der Waals surface area contributed by atoms with Gasteiger partial charge in [-0.05, 0) is 42.0 Å². The Morgan fingerprint density at radius 3 is 2.67 bits per heavy atom. The number of hydrogen-bond donors (Lipinski definition) is 1. The first kappa shape index (κ1) is 18.7. The van der Waals surface area contributed by atoms with Gasteiger partial charge in [-0.15, -0.1) is 0 Å². The van der Waals surface area contributed by atoms with E-state index in [0.29, 0.717) is 5.75 Å². The average molecular weight is 382 g/mol. The number of para-hydroxylation sites is 2. The van der Waals surface area contributed by atoms with Gasteiger partial charge in [0.2, 0.25) is 0 Å². The number of ether oxygens (including phenoxy) is 1. The molecule has 0 bridgehead atoms. The van der Waals surface area contributed by atoms with Gasteiger partial charge in [-0.3, -0.25) is 9.59 Å². The summed E-state index contributed by atoms with van der Waals surface area (Å²) in [7, 11) is 1.92. The Morgan fingerprint density at radius 1 is 1.22 bits per heavy atom. The zero-order valence-electron chi connectivity index (χ0n) is 14.9. The molecule has 0 saturated heterocycles. The Balaban J connectivity index is 1.51. The van der Waals surface area contributed by atoms with Gasteiger partial charge in [0.1, 0.15) is 5.75 Å². The van der Waals surface area contributed by atoms with Crippen LogP contribution in [0.2, 0.25) is 0 Å². The third-order valence-corrected chi connectivity index (χ3v) is 4.65. The van der Waals surface area contributed by atoms with Crippen molar-refractivity contribution in [3.8, 4) is 5.75 Å². The number of amides is 1. The molecule has 0 radical (unpaired) electrons. The molecule has 0 aliphatic carbocycles. The Kier molecular flexibility index (Phi) is 5.87. The minimum absolute atomic E-state index is 0.208. The lowest BCUT2D eigenvalue weighted by atomic mass is 10.2. The van der Waals surface area contributed by atoms with Crippen LogP contribution in [0.15, 0.2) is 58.8 Å². The van der Waals surface area contributed by atoms with E-state index < -0.39 is 0 Å². The van der Waals surface area contributed by atoms with E-state index in [1.165, 1.54) is 24.9 Å². The van der Waals surface area contributed by atoms with Gasteiger partial charge in [0, 0.05) is 14.0 Å². The van der Waals surface area contributed by atoms with Crippen molar-refractivity contribution in [2.24, 2.45) is 12.1 Å². The van der Waals surface area contributed by atoms with Gasteiger partial charge in [0.05, 0.1) is 23.0 Å². The van der Waals surface area contributed by atoms with Gasteiger partial charge in [-0.1, -0.05) is 23.9 Å². The van der Waals surface area contributed by atoms with Crippen molar-refractivity contribution in [3.63, 3.8) is 0 Å². The van der Waals surface area contributed by atoms with Crippen LogP contribution in [0.3, 0.4) is 0 Å². The molecule has 1 aromatic heterocycles. The van der Waals surface area contributed by atoms with E-state index in [2.05, 4.69) is 15.5 Å². The summed E-state index contributed by atoms with van der Waals surface area (Å²) >= 11 is 1.35. The number of thioether (sulfide) groups is 1. The second-order valence-electron chi connectivity index (χ2n) is 5.69. The molecule has 0 saturated carbocycles. The van der Waals surface area contributed by atoms with Crippen molar-refractivity contribution in [1.82, 2.24) is 15.0 Å². The molecule has 0 spiro atoms. The largest absolute Gasteiger partial charge is 0.427 e. The Bertz CT molecular complexity index is 996. The Hall–Kier alpha value is -3.13. The number of carbonyl (C=O) groups is 2. The predicted molar refractivity (Wildman–Crippen MR) is 105 cm³/mol. The van der Waals surface area contributed by atoms with E-state index in [9.17, 15) is 9.59 Å². The van der Waals surface area contributed by atoms with Crippen LogP contribution in [0, 0.1) is 0 Å². The van der Waals surface area contributed by atoms with Gasteiger partial charge >= 0.3 is 5.97 Å². The monoisotopic (exact) mass is 382 g/mol. The summed E-state index contributed by atoms with van der Waals surface area (Å²) in [5.41, 5.74) is 5.19. The van der Waals surface area contributed by atoms with E-state index in [1.54, 1.807) is 24.3 Å². The van der Waals surface area contributed by atoms with Gasteiger partial charge in [0.15, 0.2) is 5.16 Å². The summed E-state index contributed by atoms with van der Waals surface area (Å²) in [6, 6.07) is 14.6. The summed E-state index contributed by atoms with van der Waals surface area (Å²) in [4.78, 5) is 27.4. The van der Waals surface area contributed by atoms with Crippen LogP contribution in [0.1, 0.15) is 12.5 Å². The number of nitrogens with zero attached hydrogens (tertiary/aromatic N) is 3. The second kappa shape index (κ2) is 8.50. The molecule has 3 aromatic rings. The number of imidazole rings is 1. The number of fused-ring (bicyclic) bond motifs is 1. The molecule has 27 heavy (non-hydrogen) atoms. The molecule has 2 aromatic carbocycles.